The van der Waals surface area contributed by atoms with Gasteiger partial charge in [0.1, 0.15) is 5.82 Å². The van der Waals surface area contributed by atoms with E-state index in [0.29, 0.717) is 0 Å². The van der Waals surface area contributed by atoms with Gasteiger partial charge in [-0.15, -0.1) is 0 Å². The van der Waals surface area contributed by atoms with E-state index in [2.05, 4.69) is 11.4 Å². The van der Waals surface area contributed by atoms with Gasteiger partial charge in [0.25, 0.3) is 0 Å². The number of hydrogen-bond donors (Lipinski definition) is 1. The molecule has 0 aliphatic carbocycles. The van der Waals surface area contributed by atoms with Gasteiger partial charge in [0, 0.05) is 6.08 Å². The Bertz CT molecular complexity index is 662. The van der Waals surface area contributed by atoms with Crippen molar-refractivity contribution in [1.82, 2.24) is 0 Å². The van der Waals surface area contributed by atoms with Crippen LogP contribution in [-0.4, -0.2) is 5.91 Å². The SMILES string of the molecule is Cc1ccc(/C=C/C(=O)Nc2ccccc2F)c(C)c1. The summed E-state index contributed by atoms with van der Waals surface area (Å²) >= 11 is 0. The molecule has 0 atom stereocenters. The molecule has 0 radical (unpaired) electrons. The Kier molecular flexibility index (Phi) is 4.31. The summed E-state index contributed by atoms with van der Waals surface area (Å²) in [5.41, 5.74) is 3.43. The minimum Gasteiger partial charge on any atom is -0.320 e. The second-order valence-corrected chi connectivity index (χ2v) is 4.66. The van der Waals surface area contributed by atoms with Gasteiger partial charge in [-0.1, -0.05) is 35.9 Å². The van der Waals surface area contributed by atoms with E-state index in [1.54, 1.807) is 18.2 Å². The molecule has 2 aromatic rings. The average Bonchev–Trinajstić information content (AvgIpc) is 2.40. The third-order valence-electron chi connectivity index (χ3n) is 2.97. The van der Waals surface area contributed by atoms with Crippen molar-refractivity contribution in [2.24, 2.45) is 0 Å². The first-order chi connectivity index (χ1) is 9.56. The number of halogens is 1. The number of anilines is 1. The standard InChI is InChI=1S/C17H16FNO/c1-12-7-8-14(13(2)11-12)9-10-17(20)19-16-6-4-3-5-15(16)18/h3-11H,1-2H3,(H,19,20)/b10-9+. The van der Waals surface area contributed by atoms with Crippen LogP contribution in [0.15, 0.2) is 48.5 Å². The van der Waals surface area contributed by atoms with Crippen molar-refractivity contribution in [3.05, 3.63) is 71.0 Å². The van der Waals surface area contributed by atoms with Crippen molar-refractivity contribution in [3.63, 3.8) is 0 Å². The van der Waals surface area contributed by atoms with Gasteiger partial charge >= 0.3 is 0 Å². The highest BCUT2D eigenvalue weighted by molar-refractivity contribution is 6.02. The van der Waals surface area contributed by atoms with Crippen LogP contribution in [0.1, 0.15) is 16.7 Å². The lowest BCUT2D eigenvalue weighted by Gasteiger charge is -2.04. The van der Waals surface area contributed by atoms with E-state index in [1.165, 1.54) is 23.8 Å². The number of para-hydroxylation sites is 1. The Labute approximate surface area is 118 Å². The highest BCUT2D eigenvalue weighted by Gasteiger charge is 2.03. The smallest absolute Gasteiger partial charge is 0.248 e. The van der Waals surface area contributed by atoms with Crippen molar-refractivity contribution in [2.45, 2.75) is 13.8 Å². The Morgan fingerprint density at radius 2 is 1.90 bits per heavy atom. The molecule has 0 aliphatic heterocycles. The van der Waals surface area contributed by atoms with E-state index in [9.17, 15) is 9.18 Å². The third-order valence-corrected chi connectivity index (χ3v) is 2.97. The summed E-state index contributed by atoms with van der Waals surface area (Å²) in [6.45, 7) is 4.01. The summed E-state index contributed by atoms with van der Waals surface area (Å²) in [6.07, 6.45) is 3.13. The van der Waals surface area contributed by atoms with Crippen LogP contribution in [0.5, 0.6) is 0 Å². The average molecular weight is 269 g/mol. The third kappa shape index (κ3) is 3.54. The molecule has 102 valence electrons. The number of carbonyl (C=O) groups excluding carboxylic acids is 1. The van der Waals surface area contributed by atoms with Crippen LogP contribution in [0.2, 0.25) is 0 Å². The summed E-state index contributed by atoms with van der Waals surface area (Å²) in [4.78, 5) is 11.8. The van der Waals surface area contributed by atoms with E-state index < -0.39 is 5.82 Å². The topological polar surface area (TPSA) is 29.1 Å². The fraction of sp³-hybridized carbons (Fsp3) is 0.118. The second-order valence-electron chi connectivity index (χ2n) is 4.66. The maximum Gasteiger partial charge on any atom is 0.248 e. The monoisotopic (exact) mass is 269 g/mol. The summed E-state index contributed by atoms with van der Waals surface area (Å²) in [6, 6.07) is 12.1. The molecule has 20 heavy (non-hydrogen) atoms. The predicted octanol–water partition coefficient (Wildman–Crippen LogP) is 4.09. The number of hydrogen-bond acceptors (Lipinski definition) is 1. The number of carbonyl (C=O) groups is 1. The molecule has 2 rings (SSSR count). The van der Waals surface area contributed by atoms with Crippen molar-refractivity contribution in [3.8, 4) is 0 Å². The van der Waals surface area contributed by atoms with E-state index in [1.807, 2.05) is 26.0 Å². The Hall–Kier alpha value is -2.42. The molecule has 0 heterocycles. The van der Waals surface area contributed by atoms with Crippen LogP contribution in [-0.2, 0) is 4.79 Å². The zero-order chi connectivity index (χ0) is 14.5. The quantitative estimate of drug-likeness (QED) is 0.835. The molecule has 0 spiro atoms. The summed E-state index contributed by atoms with van der Waals surface area (Å²) in [5, 5.41) is 2.51. The first kappa shape index (κ1) is 14.0. The number of benzene rings is 2. The van der Waals surface area contributed by atoms with E-state index >= 15 is 0 Å². The Balaban J connectivity index is 2.08. The van der Waals surface area contributed by atoms with Crippen LogP contribution in [0, 0.1) is 19.7 Å². The molecule has 0 unspecified atom stereocenters. The van der Waals surface area contributed by atoms with E-state index in [4.69, 9.17) is 0 Å². The maximum absolute atomic E-state index is 13.4. The molecule has 1 N–H and O–H groups in total. The van der Waals surface area contributed by atoms with Gasteiger partial charge in [-0.05, 0) is 43.2 Å². The lowest BCUT2D eigenvalue weighted by Crippen LogP contribution is -2.09. The zero-order valence-corrected chi connectivity index (χ0v) is 11.5. The van der Waals surface area contributed by atoms with Crippen LogP contribution in [0.4, 0.5) is 10.1 Å². The Morgan fingerprint density at radius 1 is 1.15 bits per heavy atom. The molecule has 2 nitrogen and oxygen atoms in total. The minimum atomic E-state index is -0.444. The molecular formula is C17H16FNO. The predicted molar refractivity (Wildman–Crippen MR) is 80.0 cm³/mol. The van der Waals surface area contributed by atoms with Gasteiger partial charge in [0.15, 0.2) is 0 Å². The van der Waals surface area contributed by atoms with E-state index in [-0.39, 0.29) is 11.6 Å². The molecule has 0 fully saturated rings. The van der Waals surface area contributed by atoms with Gasteiger partial charge in [0.2, 0.25) is 5.91 Å². The minimum absolute atomic E-state index is 0.183. The van der Waals surface area contributed by atoms with Crippen molar-refractivity contribution in [2.75, 3.05) is 5.32 Å². The van der Waals surface area contributed by atoms with E-state index in [0.717, 1.165) is 11.1 Å². The lowest BCUT2D eigenvalue weighted by molar-refractivity contribution is -0.111. The fourth-order valence-electron chi connectivity index (χ4n) is 1.92. The molecule has 0 saturated heterocycles. The molecule has 0 saturated carbocycles. The largest absolute Gasteiger partial charge is 0.320 e. The first-order valence-corrected chi connectivity index (χ1v) is 6.37. The molecule has 0 aromatic heterocycles. The molecule has 0 aliphatic rings. The van der Waals surface area contributed by atoms with Crippen LogP contribution < -0.4 is 5.32 Å². The molecule has 1 amide bonds. The Morgan fingerprint density at radius 3 is 2.60 bits per heavy atom. The van der Waals surface area contributed by atoms with Gasteiger partial charge in [-0.2, -0.15) is 0 Å². The van der Waals surface area contributed by atoms with Gasteiger partial charge in [-0.25, -0.2) is 4.39 Å². The van der Waals surface area contributed by atoms with Crippen molar-refractivity contribution in [1.29, 1.82) is 0 Å². The van der Waals surface area contributed by atoms with Crippen LogP contribution in [0.25, 0.3) is 6.08 Å². The highest BCUT2D eigenvalue weighted by atomic mass is 19.1. The van der Waals surface area contributed by atoms with Crippen LogP contribution >= 0.6 is 0 Å². The number of aryl methyl sites for hydroxylation is 2. The van der Waals surface area contributed by atoms with Gasteiger partial charge < -0.3 is 5.32 Å². The molecule has 0 bridgehead atoms. The van der Waals surface area contributed by atoms with Crippen molar-refractivity contribution >= 4 is 17.7 Å². The number of amides is 1. The summed E-state index contributed by atoms with van der Waals surface area (Å²) < 4.78 is 13.4. The molecule has 3 heteroatoms. The summed E-state index contributed by atoms with van der Waals surface area (Å²) in [7, 11) is 0. The first-order valence-electron chi connectivity index (χ1n) is 6.37. The van der Waals surface area contributed by atoms with Gasteiger partial charge in [-0.3, -0.25) is 4.79 Å². The molecular weight excluding hydrogens is 253 g/mol. The number of nitrogens with one attached hydrogen (secondary N) is 1. The fourth-order valence-corrected chi connectivity index (χ4v) is 1.92. The maximum atomic E-state index is 13.4. The molecule has 2 aromatic carbocycles. The van der Waals surface area contributed by atoms with Gasteiger partial charge in [0.05, 0.1) is 5.69 Å². The number of rotatable bonds is 3. The van der Waals surface area contributed by atoms with Crippen LogP contribution in [0.3, 0.4) is 0 Å². The zero-order valence-electron chi connectivity index (χ0n) is 11.5. The van der Waals surface area contributed by atoms with Crippen molar-refractivity contribution < 1.29 is 9.18 Å². The lowest BCUT2D eigenvalue weighted by atomic mass is 10.1. The summed E-state index contributed by atoms with van der Waals surface area (Å²) in [5.74, 6) is -0.796. The second kappa shape index (κ2) is 6.15. The highest BCUT2D eigenvalue weighted by Crippen LogP contribution is 2.14. The normalized spacial score (nSPS) is 10.8.